The highest BCUT2D eigenvalue weighted by Gasteiger charge is 2.44. The van der Waals surface area contributed by atoms with E-state index in [4.69, 9.17) is 10.5 Å². The first-order chi connectivity index (χ1) is 9.84. The van der Waals surface area contributed by atoms with Gasteiger partial charge < -0.3 is 15.4 Å². The predicted molar refractivity (Wildman–Crippen MR) is 81.7 cm³/mol. The lowest BCUT2D eigenvalue weighted by Crippen LogP contribution is -2.51. The fraction of sp³-hybridized carbons (Fsp3) is 0.647. The molecule has 110 valence electrons. The molecule has 1 saturated heterocycles. The second-order valence-corrected chi connectivity index (χ2v) is 6.16. The van der Waals surface area contributed by atoms with E-state index < -0.39 is 0 Å². The van der Waals surface area contributed by atoms with Crippen LogP contribution < -0.4 is 5.73 Å². The average molecular weight is 274 g/mol. The van der Waals surface area contributed by atoms with Crippen molar-refractivity contribution < 1.29 is 4.74 Å². The number of nitrogens with two attached hydrogens (primary N) is 1. The number of rotatable bonds is 6. The van der Waals surface area contributed by atoms with E-state index in [0.29, 0.717) is 6.54 Å². The lowest BCUT2D eigenvalue weighted by molar-refractivity contribution is -0.0908. The molecule has 0 radical (unpaired) electrons. The van der Waals surface area contributed by atoms with E-state index in [0.717, 1.165) is 26.0 Å². The highest BCUT2D eigenvalue weighted by Crippen LogP contribution is 2.43. The Morgan fingerprint density at radius 3 is 2.70 bits per heavy atom. The van der Waals surface area contributed by atoms with E-state index in [9.17, 15) is 0 Å². The van der Waals surface area contributed by atoms with Crippen molar-refractivity contribution in [2.45, 2.75) is 37.7 Å². The SMILES string of the molecule is NCCCOC1(CN2CCCCC2)Cc2ccccc21. The predicted octanol–water partition coefficient (Wildman–Crippen LogP) is 2.29. The van der Waals surface area contributed by atoms with Gasteiger partial charge in [0.2, 0.25) is 0 Å². The van der Waals surface area contributed by atoms with Gasteiger partial charge >= 0.3 is 0 Å². The van der Waals surface area contributed by atoms with Gasteiger partial charge in [-0.25, -0.2) is 0 Å². The summed E-state index contributed by atoms with van der Waals surface area (Å²) >= 11 is 0. The molecule has 1 atom stereocenters. The number of piperidine rings is 1. The van der Waals surface area contributed by atoms with E-state index in [1.807, 2.05) is 0 Å². The van der Waals surface area contributed by atoms with Gasteiger partial charge in [-0.05, 0) is 50.0 Å². The fourth-order valence-corrected chi connectivity index (χ4v) is 3.56. The Morgan fingerprint density at radius 1 is 1.15 bits per heavy atom. The van der Waals surface area contributed by atoms with E-state index in [1.165, 1.54) is 43.5 Å². The summed E-state index contributed by atoms with van der Waals surface area (Å²) in [6.07, 6.45) is 6.06. The molecule has 1 aromatic carbocycles. The Morgan fingerprint density at radius 2 is 1.95 bits per heavy atom. The van der Waals surface area contributed by atoms with E-state index in [2.05, 4.69) is 29.2 Å². The van der Waals surface area contributed by atoms with Crippen LogP contribution in [0, 0.1) is 0 Å². The van der Waals surface area contributed by atoms with Crippen molar-refractivity contribution in [3.8, 4) is 0 Å². The average Bonchev–Trinajstić information content (AvgIpc) is 2.47. The van der Waals surface area contributed by atoms with Gasteiger partial charge in [0.05, 0.1) is 0 Å². The van der Waals surface area contributed by atoms with Crippen molar-refractivity contribution in [3.05, 3.63) is 35.4 Å². The molecule has 2 aliphatic rings. The molecular weight excluding hydrogens is 248 g/mol. The third kappa shape index (κ3) is 2.76. The van der Waals surface area contributed by atoms with Crippen LogP contribution in [0.4, 0.5) is 0 Å². The van der Waals surface area contributed by atoms with Gasteiger partial charge in [-0.3, -0.25) is 0 Å². The molecule has 0 spiro atoms. The summed E-state index contributed by atoms with van der Waals surface area (Å²) in [6, 6.07) is 8.74. The zero-order valence-electron chi connectivity index (χ0n) is 12.3. The summed E-state index contributed by atoms with van der Waals surface area (Å²) < 4.78 is 6.31. The first-order valence-electron chi connectivity index (χ1n) is 7.99. The number of benzene rings is 1. The molecule has 1 unspecified atom stereocenters. The molecule has 3 rings (SSSR count). The largest absolute Gasteiger partial charge is 0.369 e. The Balaban J connectivity index is 1.71. The van der Waals surface area contributed by atoms with E-state index in [-0.39, 0.29) is 5.60 Å². The van der Waals surface area contributed by atoms with Gasteiger partial charge in [0, 0.05) is 19.6 Å². The molecule has 20 heavy (non-hydrogen) atoms. The Labute approximate surface area is 122 Å². The van der Waals surface area contributed by atoms with E-state index >= 15 is 0 Å². The summed E-state index contributed by atoms with van der Waals surface area (Å²) in [5, 5.41) is 0. The number of hydrogen-bond donors (Lipinski definition) is 1. The first-order valence-corrected chi connectivity index (χ1v) is 7.99. The van der Waals surface area contributed by atoms with Crippen molar-refractivity contribution in [3.63, 3.8) is 0 Å². The van der Waals surface area contributed by atoms with Gasteiger partial charge in [-0.1, -0.05) is 30.7 Å². The number of nitrogens with zero attached hydrogens (tertiary/aromatic N) is 1. The number of hydrogen-bond acceptors (Lipinski definition) is 3. The maximum atomic E-state index is 6.31. The Bertz CT molecular complexity index is 442. The molecule has 1 fully saturated rings. The molecule has 3 nitrogen and oxygen atoms in total. The first kappa shape index (κ1) is 14.1. The highest BCUT2D eigenvalue weighted by molar-refractivity contribution is 5.43. The molecule has 3 heteroatoms. The topological polar surface area (TPSA) is 38.5 Å². The number of fused-ring (bicyclic) bond motifs is 1. The quantitative estimate of drug-likeness (QED) is 0.809. The maximum absolute atomic E-state index is 6.31. The summed E-state index contributed by atoms with van der Waals surface area (Å²) in [5.74, 6) is 0. The van der Waals surface area contributed by atoms with Crippen molar-refractivity contribution in [2.75, 3.05) is 32.8 Å². The third-order valence-electron chi connectivity index (χ3n) is 4.64. The van der Waals surface area contributed by atoms with Gasteiger partial charge in [-0.15, -0.1) is 0 Å². The zero-order valence-corrected chi connectivity index (χ0v) is 12.3. The number of likely N-dealkylation sites (tertiary alicyclic amines) is 1. The molecule has 0 amide bonds. The molecule has 1 aliphatic heterocycles. The van der Waals surface area contributed by atoms with E-state index in [1.54, 1.807) is 0 Å². The van der Waals surface area contributed by atoms with Crippen LogP contribution >= 0.6 is 0 Å². The second-order valence-electron chi connectivity index (χ2n) is 6.16. The molecule has 1 heterocycles. The van der Waals surface area contributed by atoms with Crippen LogP contribution in [0.15, 0.2) is 24.3 Å². The van der Waals surface area contributed by atoms with Gasteiger partial charge in [0.1, 0.15) is 5.60 Å². The van der Waals surface area contributed by atoms with Crippen LogP contribution in [0.2, 0.25) is 0 Å². The monoisotopic (exact) mass is 274 g/mol. The summed E-state index contributed by atoms with van der Waals surface area (Å²) in [6.45, 7) is 4.99. The second kappa shape index (κ2) is 6.25. The smallest absolute Gasteiger partial charge is 0.110 e. The lowest BCUT2D eigenvalue weighted by Gasteiger charge is -2.47. The Kier molecular flexibility index (Phi) is 4.39. The van der Waals surface area contributed by atoms with Crippen LogP contribution in [0.5, 0.6) is 0 Å². The van der Waals surface area contributed by atoms with Crippen molar-refractivity contribution >= 4 is 0 Å². The van der Waals surface area contributed by atoms with Crippen LogP contribution in [-0.2, 0) is 16.8 Å². The minimum absolute atomic E-state index is 0.0664. The van der Waals surface area contributed by atoms with Crippen LogP contribution in [0.25, 0.3) is 0 Å². The summed E-state index contributed by atoms with van der Waals surface area (Å²) in [4.78, 5) is 2.59. The highest BCUT2D eigenvalue weighted by atomic mass is 16.5. The Hall–Kier alpha value is -0.900. The van der Waals surface area contributed by atoms with Crippen molar-refractivity contribution in [2.24, 2.45) is 5.73 Å². The molecule has 1 aromatic rings. The molecule has 1 aliphatic carbocycles. The molecule has 0 bridgehead atoms. The number of ether oxygens (including phenoxy) is 1. The van der Waals surface area contributed by atoms with Crippen LogP contribution in [0.1, 0.15) is 36.8 Å². The van der Waals surface area contributed by atoms with Crippen LogP contribution in [0.3, 0.4) is 0 Å². The molecular formula is C17H26N2O. The maximum Gasteiger partial charge on any atom is 0.110 e. The third-order valence-corrected chi connectivity index (χ3v) is 4.64. The van der Waals surface area contributed by atoms with Gasteiger partial charge in [0.15, 0.2) is 0 Å². The van der Waals surface area contributed by atoms with Crippen molar-refractivity contribution in [1.29, 1.82) is 0 Å². The van der Waals surface area contributed by atoms with Gasteiger partial charge in [0.25, 0.3) is 0 Å². The van der Waals surface area contributed by atoms with Crippen molar-refractivity contribution in [1.82, 2.24) is 4.90 Å². The van der Waals surface area contributed by atoms with Crippen LogP contribution in [-0.4, -0.2) is 37.7 Å². The standard InChI is InChI=1S/C17H26N2O/c18-9-6-12-20-17(14-19-10-4-1-5-11-19)13-15-7-2-3-8-16(15)17/h2-3,7-8H,1,4-6,9-14,18H2. The summed E-state index contributed by atoms with van der Waals surface area (Å²) in [7, 11) is 0. The fourth-order valence-electron chi connectivity index (χ4n) is 3.56. The summed E-state index contributed by atoms with van der Waals surface area (Å²) in [5.41, 5.74) is 8.40. The van der Waals surface area contributed by atoms with Gasteiger partial charge in [-0.2, -0.15) is 0 Å². The molecule has 0 aromatic heterocycles. The molecule has 0 saturated carbocycles. The lowest BCUT2D eigenvalue weighted by atomic mass is 9.72. The normalized spacial score (nSPS) is 26.1. The minimum atomic E-state index is -0.0664. The minimum Gasteiger partial charge on any atom is -0.369 e. The molecule has 2 N–H and O–H groups in total. The zero-order chi connectivity index (χ0) is 13.8.